The Labute approximate surface area is 179 Å². The minimum Gasteiger partial charge on any atom is -0.353 e. The van der Waals surface area contributed by atoms with Gasteiger partial charge in [-0.15, -0.1) is 0 Å². The summed E-state index contributed by atoms with van der Waals surface area (Å²) in [4.78, 5) is 9.90. The van der Waals surface area contributed by atoms with E-state index in [-0.39, 0.29) is 12.4 Å². The average Bonchev–Trinajstić information content (AvgIpc) is 3.48. The predicted octanol–water partition coefficient (Wildman–Crippen LogP) is 2.66. The maximum Gasteiger partial charge on any atom is 0.176 e. The van der Waals surface area contributed by atoms with E-state index in [1.807, 2.05) is 6.20 Å². The molecule has 0 aliphatic carbocycles. The number of H-pyrrole nitrogens is 1. The van der Waals surface area contributed by atoms with Gasteiger partial charge in [0.2, 0.25) is 0 Å². The molecular formula is C23H34N4O3. The van der Waals surface area contributed by atoms with Crippen molar-refractivity contribution >= 4 is 0 Å². The van der Waals surface area contributed by atoms with E-state index in [4.69, 9.17) is 14.2 Å². The topological polar surface area (TPSA) is 71.6 Å². The minimum absolute atomic E-state index is 0.209. The summed E-state index contributed by atoms with van der Waals surface area (Å²) >= 11 is 0. The average molecular weight is 415 g/mol. The van der Waals surface area contributed by atoms with Crippen LogP contribution < -0.4 is 5.32 Å². The summed E-state index contributed by atoms with van der Waals surface area (Å²) in [6, 6.07) is 10.5. The van der Waals surface area contributed by atoms with Crippen molar-refractivity contribution in [3.8, 4) is 0 Å². The first-order valence-corrected chi connectivity index (χ1v) is 11.2. The molecule has 0 spiro atoms. The lowest BCUT2D eigenvalue weighted by Crippen LogP contribution is -2.61. The highest BCUT2D eigenvalue weighted by molar-refractivity contribution is 5.25. The van der Waals surface area contributed by atoms with Crippen molar-refractivity contribution in [3.05, 3.63) is 54.1 Å². The van der Waals surface area contributed by atoms with Crippen LogP contribution in [-0.4, -0.2) is 66.7 Å². The van der Waals surface area contributed by atoms with Gasteiger partial charge >= 0.3 is 0 Å². The molecule has 7 heteroatoms. The Balaban J connectivity index is 1.60. The Kier molecular flexibility index (Phi) is 7.52. The molecule has 0 radical (unpaired) electrons. The summed E-state index contributed by atoms with van der Waals surface area (Å²) in [6.07, 6.45) is 7.03. The molecular weight excluding hydrogens is 380 g/mol. The molecule has 3 heterocycles. The normalized spacial score (nSPS) is 24.7. The van der Waals surface area contributed by atoms with Crippen molar-refractivity contribution in [2.75, 3.05) is 39.4 Å². The molecule has 0 amide bonds. The molecule has 2 aliphatic rings. The summed E-state index contributed by atoms with van der Waals surface area (Å²) in [7, 11) is 0. The Morgan fingerprint density at radius 2 is 2.03 bits per heavy atom. The van der Waals surface area contributed by atoms with Crippen molar-refractivity contribution in [2.24, 2.45) is 0 Å². The number of rotatable bonds is 10. The van der Waals surface area contributed by atoms with Gasteiger partial charge in [0, 0.05) is 50.7 Å². The fourth-order valence-electron chi connectivity index (χ4n) is 4.43. The number of nitrogens with one attached hydrogen (secondary N) is 2. The van der Waals surface area contributed by atoms with Gasteiger partial charge in [-0.25, -0.2) is 4.98 Å². The quantitative estimate of drug-likeness (QED) is 0.583. The Hall–Kier alpha value is -1.77. The number of benzene rings is 1. The van der Waals surface area contributed by atoms with Gasteiger partial charge in [-0.1, -0.05) is 50.1 Å². The van der Waals surface area contributed by atoms with Crippen molar-refractivity contribution in [3.63, 3.8) is 0 Å². The zero-order valence-corrected chi connectivity index (χ0v) is 17.9. The summed E-state index contributed by atoms with van der Waals surface area (Å²) in [5.74, 6) is 0.872. The molecule has 164 valence electrons. The highest BCUT2D eigenvalue weighted by Crippen LogP contribution is 2.39. The highest BCUT2D eigenvalue weighted by Gasteiger charge is 2.51. The molecule has 3 unspecified atom stereocenters. The Morgan fingerprint density at radius 1 is 1.20 bits per heavy atom. The van der Waals surface area contributed by atoms with Gasteiger partial charge in [0.05, 0.1) is 13.0 Å². The van der Waals surface area contributed by atoms with Gasteiger partial charge in [-0.05, 0) is 6.42 Å². The second-order valence-electron chi connectivity index (χ2n) is 7.98. The van der Waals surface area contributed by atoms with Gasteiger partial charge < -0.3 is 24.5 Å². The van der Waals surface area contributed by atoms with Crippen LogP contribution in [0.2, 0.25) is 0 Å². The smallest absolute Gasteiger partial charge is 0.176 e. The summed E-state index contributed by atoms with van der Waals surface area (Å²) < 4.78 is 19.4. The molecule has 2 fully saturated rings. The maximum atomic E-state index is 6.79. The number of aromatic nitrogens is 2. The van der Waals surface area contributed by atoms with Crippen molar-refractivity contribution < 1.29 is 14.2 Å². The van der Waals surface area contributed by atoms with Crippen LogP contribution >= 0.6 is 0 Å². The molecule has 0 bridgehead atoms. The lowest BCUT2D eigenvalue weighted by atomic mass is 9.93. The zero-order valence-electron chi connectivity index (χ0n) is 17.9. The van der Waals surface area contributed by atoms with Crippen LogP contribution in [0.3, 0.4) is 0 Å². The molecule has 30 heavy (non-hydrogen) atoms. The van der Waals surface area contributed by atoms with Crippen LogP contribution in [-0.2, 0) is 26.4 Å². The van der Waals surface area contributed by atoms with E-state index in [1.54, 1.807) is 6.20 Å². The molecule has 2 saturated heterocycles. The number of hydrogen-bond acceptors (Lipinski definition) is 6. The van der Waals surface area contributed by atoms with Crippen molar-refractivity contribution in [1.29, 1.82) is 0 Å². The van der Waals surface area contributed by atoms with Crippen LogP contribution in [0.15, 0.2) is 42.7 Å². The third kappa shape index (κ3) is 4.76. The zero-order chi connectivity index (χ0) is 20.7. The Morgan fingerprint density at radius 3 is 2.77 bits per heavy atom. The summed E-state index contributed by atoms with van der Waals surface area (Å²) in [5, 5.41) is 3.46. The van der Waals surface area contributed by atoms with E-state index in [2.05, 4.69) is 57.4 Å². The SMILES string of the molecule is CCCCCOC(c1ccccc1)(C1COC(Cc2ncc[nH]2)O1)N1CCNCC1. The number of ether oxygens (including phenoxy) is 3. The molecule has 0 saturated carbocycles. The molecule has 3 atom stereocenters. The first kappa shape index (κ1) is 21.5. The van der Waals surface area contributed by atoms with Crippen molar-refractivity contribution in [1.82, 2.24) is 20.2 Å². The molecule has 2 aliphatic heterocycles. The van der Waals surface area contributed by atoms with E-state index in [1.165, 1.54) is 6.42 Å². The van der Waals surface area contributed by atoms with Gasteiger partial charge in [-0.2, -0.15) is 0 Å². The lowest BCUT2D eigenvalue weighted by molar-refractivity contribution is -0.233. The van der Waals surface area contributed by atoms with Crippen LogP contribution in [0.5, 0.6) is 0 Å². The van der Waals surface area contributed by atoms with Crippen LogP contribution in [0.4, 0.5) is 0 Å². The predicted molar refractivity (Wildman–Crippen MR) is 115 cm³/mol. The third-order valence-corrected chi connectivity index (χ3v) is 5.95. The van der Waals surface area contributed by atoms with Gasteiger partial charge in [0.25, 0.3) is 0 Å². The van der Waals surface area contributed by atoms with Crippen LogP contribution in [0, 0.1) is 0 Å². The summed E-state index contributed by atoms with van der Waals surface area (Å²) in [5.41, 5.74) is 0.477. The van der Waals surface area contributed by atoms with Gasteiger partial charge in [0.15, 0.2) is 12.0 Å². The number of aromatic amines is 1. The Bertz CT molecular complexity index is 736. The summed E-state index contributed by atoms with van der Waals surface area (Å²) in [6.45, 7) is 7.12. The van der Waals surface area contributed by atoms with E-state index in [9.17, 15) is 0 Å². The molecule has 1 aromatic heterocycles. The highest BCUT2D eigenvalue weighted by atomic mass is 16.7. The number of hydrogen-bond donors (Lipinski definition) is 2. The lowest BCUT2D eigenvalue weighted by Gasteiger charge is -2.48. The fourth-order valence-corrected chi connectivity index (χ4v) is 4.43. The fraction of sp³-hybridized carbons (Fsp3) is 0.609. The molecule has 2 aromatic rings. The number of nitrogens with zero attached hydrogens (tertiary/aromatic N) is 2. The molecule has 7 nitrogen and oxygen atoms in total. The maximum absolute atomic E-state index is 6.79. The molecule has 1 aromatic carbocycles. The van der Waals surface area contributed by atoms with E-state index in [0.717, 1.165) is 50.4 Å². The molecule has 2 N–H and O–H groups in total. The third-order valence-electron chi connectivity index (χ3n) is 5.95. The molecule has 4 rings (SSSR count). The number of piperazine rings is 1. The first-order valence-electron chi connectivity index (χ1n) is 11.2. The monoisotopic (exact) mass is 414 g/mol. The van der Waals surface area contributed by atoms with Crippen LogP contribution in [0.25, 0.3) is 0 Å². The first-order chi connectivity index (χ1) is 14.8. The van der Waals surface area contributed by atoms with Crippen molar-refractivity contribution in [2.45, 2.75) is 50.7 Å². The van der Waals surface area contributed by atoms with Gasteiger partial charge in [0.1, 0.15) is 11.9 Å². The van der Waals surface area contributed by atoms with Crippen LogP contribution in [0.1, 0.15) is 37.6 Å². The number of unbranched alkanes of at least 4 members (excludes halogenated alkanes) is 2. The standard InChI is InChI=1S/C23H34N4O3/c1-2-3-7-16-29-23(19-8-5-4-6-9-19,27-14-12-24-13-15-27)20-18-28-22(30-20)17-21-25-10-11-26-21/h4-6,8-11,20,22,24H,2-3,7,12-18H2,1H3,(H,25,26). The second kappa shape index (κ2) is 10.5. The second-order valence-corrected chi connectivity index (χ2v) is 7.98. The van der Waals surface area contributed by atoms with E-state index >= 15 is 0 Å². The minimum atomic E-state index is -0.658. The van der Waals surface area contributed by atoms with E-state index in [0.29, 0.717) is 19.6 Å². The van der Waals surface area contributed by atoms with E-state index < -0.39 is 5.72 Å². The number of imidazole rings is 1. The largest absolute Gasteiger partial charge is 0.353 e. The van der Waals surface area contributed by atoms with Gasteiger partial charge in [-0.3, -0.25) is 4.90 Å².